The quantitative estimate of drug-likeness (QED) is 0.817. The van der Waals surface area contributed by atoms with E-state index in [4.69, 9.17) is 14.6 Å². The third kappa shape index (κ3) is 4.81. The summed E-state index contributed by atoms with van der Waals surface area (Å²) in [5.74, 6) is -5.65. The highest BCUT2D eigenvalue weighted by molar-refractivity contribution is 5.79. The number of carboxylic acids is 1. The van der Waals surface area contributed by atoms with Crippen molar-refractivity contribution in [3.63, 3.8) is 0 Å². The van der Waals surface area contributed by atoms with E-state index in [1.165, 1.54) is 0 Å². The first-order valence-corrected chi connectivity index (χ1v) is 7.55. The van der Waals surface area contributed by atoms with Crippen molar-refractivity contribution >= 4 is 11.9 Å². The van der Waals surface area contributed by atoms with Gasteiger partial charge in [-0.2, -0.15) is 13.2 Å². The molecule has 9 heteroatoms. The van der Waals surface area contributed by atoms with Crippen LogP contribution in [0.3, 0.4) is 0 Å². The third-order valence-electron chi connectivity index (χ3n) is 4.25. The van der Waals surface area contributed by atoms with Gasteiger partial charge in [0.25, 0.3) is 0 Å². The molecule has 2 fully saturated rings. The molecule has 0 bridgehead atoms. The number of ether oxygens (including phenoxy) is 2. The summed E-state index contributed by atoms with van der Waals surface area (Å²) in [4.78, 5) is 23.9. The molecule has 0 aromatic carbocycles. The van der Waals surface area contributed by atoms with Gasteiger partial charge in [-0.1, -0.05) is 0 Å². The van der Waals surface area contributed by atoms with Gasteiger partial charge in [-0.3, -0.25) is 9.59 Å². The summed E-state index contributed by atoms with van der Waals surface area (Å²) in [5.41, 5.74) is 0. The number of nitrogens with zero attached hydrogens (tertiary/aromatic N) is 1. The Morgan fingerprint density at radius 2 is 1.87 bits per heavy atom. The number of hydrogen-bond acceptors (Lipinski definition) is 4. The lowest BCUT2D eigenvalue weighted by Crippen LogP contribution is -2.34. The molecule has 0 unspecified atom stereocenters. The van der Waals surface area contributed by atoms with Gasteiger partial charge in [0.1, 0.15) is 0 Å². The van der Waals surface area contributed by atoms with Gasteiger partial charge >= 0.3 is 12.1 Å². The van der Waals surface area contributed by atoms with Gasteiger partial charge in [-0.25, -0.2) is 0 Å². The SMILES string of the molecule is O=C(O)[C@@H]1CN(C(=O)CCOC2CCOCC2)C[C@H]1C(F)(F)F. The second-order valence-corrected chi connectivity index (χ2v) is 5.82. The van der Waals surface area contributed by atoms with Crippen LogP contribution < -0.4 is 0 Å². The lowest BCUT2D eigenvalue weighted by atomic mass is 9.96. The molecule has 2 rings (SSSR count). The molecule has 0 radical (unpaired) electrons. The van der Waals surface area contributed by atoms with Crippen molar-refractivity contribution in [2.24, 2.45) is 11.8 Å². The summed E-state index contributed by atoms with van der Waals surface area (Å²) in [6.45, 7) is 0.303. The van der Waals surface area contributed by atoms with Crippen LogP contribution >= 0.6 is 0 Å². The zero-order valence-electron chi connectivity index (χ0n) is 12.6. The standard InChI is InChI=1S/C14H20F3NO5/c15-14(16,17)11-8-18(7-10(11)13(20)21)12(19)3-6-23-9-1-4-22-5-2-9/h9-11H,1-8H2,(H,20,21)/t10-,11-/m1/s1. The highest BCUT2D eigenvalue weighted by atomic mass is 19.4. The van der Waals surface area contributed by atoms with Gasteiger partial charge < -0.3 is 19.5 Å². The molecule has 0 spiro atoms. The molecular formula is C14H20F3NO5. The van der Waals surface area contributed by atoms with E-state index in [1.807, 2.05) is 0 Å². The molecule has 23 heavy (non-hydrogen) atoms. The van der Waals surface area contributed by atoms with Crippen LogP contribution in [0.1, 0.15) is 19.3 Å². The third-order valence-corrected chi connectivity index (χ3v) is 4.25. The second kappa shape index (κ2) is 7.48. The fraction of sp³-hybridized carbons (Fsp3) is 0.857. The second-order valence-electron chi connectivity index (χ2n) is 5.82. The lowest BCUT2D eigenvalue weighted by molar-refractivity contribution is -0.188. The Morgan fingerprint density at radius 3 is 2.39 bits per heavy atom. The maximum absolute atomic E-state index is 12.9. The van der Waals surface area contributed by atoms with Crippen molar-refractivity contribution < 1.29 is 37.3 Å². The van der Waals surface area contributed by atoms with E-state index in [0.29, 0.717) is 13.2 Å². The molecule has 132 valence electrons. The van der Waals surface area contributed by atoms with Gasteiger partial charge in [-0.15, -0.1) is 0 Å². The Morgan fingerprint density at radius 1 is 1.22 bits per heavy atom. The zero-order chi connectivity index (χ0) is 17.0. The van der Waals surface area contributed by atoms with Crippen molar-refractivity contribution in [1.82, 2.24) is 4.90 Å². The number of carboxylic acid groups (broad SMARTS) is 1. The molecule has 0 aliphatic carbocycles. The van der Waals surface area contributed by atoms with E-state index in [1.54, 1.807) is 0 Å². The Kier molecular flexibility index (Phi) is 5.85. The monoisotopic (exact) mass is 339 g/mol. The Hall–Kier alpha value is -1.35. The van der Waals surface area contributed by atoms with Crippen molar-refractivity contribution in [2.45, 2.75) is 31.5 Å². The van der Waals surface area contributed by atoms with Gasteiger partial charge in [0.05, 0.1) is 31.0 Å². The molecule has 2 atom stereocenters. The lowest BCUT2D eigenvalue weighted by Gasteiger charge is -2.23. The van der Waals surface area contributed by atoms with E-state index < -0.39 is 43.0 Å². The van der Waals surface area contributed by atoms with Crippen molar-refractivity contribution in [2.75, 3.05) is 32.9 Å². The average Bonchev–Trinajstić information content (AvgIpc) is 2.94. The number of alkyl halides is 3. The van der Waals surface area contributed by atoms with Crippen LogP contribution in [0.4, 0.5) is 13.2 Å². The number of carbonyl (C=O) groups is 2. The van der Waals surface area contributed by atoms with Crippen LogP contribution in [0.25, 0.3) is 0 Å². The maximum Gasteiger partial charge on any atom is 0.394 e. The van der Waals surface area contributed by atoms with Crippen LogP contribution in [0.15, 0.2) is 0 Å². The minimum absolute atomic E-state index is 0.00446. The summed E-state index contributed by atoms with van der Waals surface area (Å²) < 4.78 is 49.3. The molecule has 0 saturated carbocycles. The van der Waals surface area contributed by atoms with Crippen LogP contribution in [-0.4, -0.2) is 67.1 Å². The predicted molar refractivity (Wildman–Crippen MR) is 71.7 cm³/mol. The number of hydrogen-bond donors (Lipinski definition) is 1. The smallest absolute Gasteiger partial charge is 0.394 e. The van der Waals surface area contributed by atoms with E-state index >= 15 is 0 Å². The number of amides is 1. The topological polar surface area (TPSA) is 76.1 Å². The maximum atomic E-state index is 12.9. The molecule has 2 aliphatic heterocycles. The zero-order valence-corrected chi connectivity index (χ0v) is 12.6. The van der Waals surface area contributed by atoms with Gasteiger partial charge in [0.15, 0.2) is 0 Å². The van der Waals surface area contributed by atoms with Gasteiger partial charge in [0, 0.05) is 26.3 Å². The fourth-order valence-electron chi connectivity index (χ4n) is 2.90. The minimum atomic E-state index is -4.63. The van der Waals surface area contributed by atoms with Crippen LogP contribution in [0.2, 0.25) is 0 Å². The van der Waals surface area contributed by atoms with Gasteiger partial charge in [0.2, 0.25) is 5.91 Å². The van der Waals surface area contributed by atoms with Crippen LogP contribution in [0, 0.1) is 11.8 Å². The molecular weight excluding hydrogens is 319 g/mol. The predicted octanol–water partition coefficient (Wildman–Crippen LogP) is 1.29. The summed E-state index contributed by atoms with van der Waals surface area (Å²) in [7, 11) is 0. The van der Waals surface area contributed by atoms with E-state index in [0.717, 1.165) is 17.7 Å². The van der Waals surface area contributed by atoms with E-state index in [2.05, 4.69) is 0 Å². The Labute approximate surface area is 131 Å². The van der Waals surface area contributed by atoms with Crippen molar-refractivity contribution in [1.29, 1.82) is 0 Å². The first kappa shape index (κ1) is 18.0. The number of aliphatic carboxylic acids is 1. The first-order chi connectivity index (χ1) is 10.8. The molecule has 0 aromatic heterocycles. The summed E-state index contributed by atoms with van der Waals surface area (Å²) in [6.07, 6.45) is -3.21. The molecule has 2 saturated heterocycles. The number of carbonyl (C=O) groups excluding carboxylic acids is 1. The summed E-state index contributed by atoms with van der Waals surface area (Å²) >= 11 is 0. The van der Waals surface area contributed by atoms with Crippen molar-refractivity contribution in [3.8, 4) is 0 Å². The molecule has 6 nitrogen and oxygen atoms in total. The highest BCUT2D eigenvalue weighted by Gasteiger charge is 2.53. The molecule has 2 aliphatic rings. The first-order valence-electron chi connectivity index (χ1n) is 7.55. The molecule has 1 amide bonds. The number of halogens is 3. The largest absolute Gasteiger partial charge is 0.481 e. The number of rotatable bonds is 5. The Balaban J connectivity index is 1.81. The summed E-state index contributed by atoms with van der Waals surface area (Å²) in [6, 6.07) is 0. The normalized spacial score (nSPS) is 26.5. The van der Waals surface area contributed by atoms with Crippen molar-refractivity contribution in [3.05, 3.63) is 0 Å². The molecule has 1 N–H and O–H groups in total. The van der Waals surface area contributed by atoms with E-state index in [9.17, 15) is 22.8 Å². The average molecular weight is 339 g/mol. The Bertz CT molecular complexity index is 437. The van der Waals surface area contributed by atoms with Gasteiger partial charge in [-0.05, 0) is 12.8 Å². The highest BCUT2D eigenvalue weighted by Crippen LogP contribution is 2.37. The van der Waals surface area contributed by atoms with Crippen LogP contribution in [0.5, 0.6) is 0 Å². The summed E-state index contributed by atoms with van der Waals surface area (Å²) in [5, 5.41) is 8.92. The van der Waals surface area contributed by atoms with E-state index in [-0.39, 0.29) is 19.1 Å². The van der Waals surface area contributed by atoms with Crippen LogP contribution in [-0.2, 0) is 19.1 Å². The molecule has 0 aromatic rings. The molecule has 2 heterocycles. The minimum Gasteiger partial charge on any atom is -0.481 e. The number of likely N-dealkylation sites (tertiary alicyclic amines) is 1. The fourth-order valence-corrected chi connectivity index (χ4v) is 2.90.